The second-order valence-electron chi connectivity index (χ2n) is 5.19. The average Bonchev–Trinajstić information content (AvgIpc) is 2.61. The van der Waals surface area contributed by atoms with E-state index in [1.54, 1.807) is 18.2 Å². The van der Waals surface area contributed by atoms with Crippen LogP contribution in [-0.2, 0) is 4.74 Å². The third-order valence-electron chi connectivity index (χ3n) is 3.67. The summed E-state index contributed by atoms with van der Waals surface area (Å²) in [5.74, 6) is 0.256. The molecule has 4 nitrogen and oxygen atoms in total. The number of para-hydroxylation sites is 2. The van der Waals surface area contributed by atoms with Gasteiger partial charge in [-0.15, -0.1) is 0 Å². The van der Waals surface area contributed by atoms with E-state index >= 15 is 0 Å². The highest BCUT2D eigenvalue weighted by Crippen LogP contribution is 2.33. The Bertz CT molecular complexity index is 676. The zero-order valence-corrected chi connectivity index (χ0v) is 12.6. The molecule has 23 heavy (non-hydrogen) atoms. The zero-order valence-electron chi connectivity index (χ0n) is 14.6. The maximum absolute atomic E-state index is 13.3. The number of benzene rings is 2. The summed E-state index contributed by atoms with van der Waals surface area (Å²) < 4.78 is 43.9. The minimum Gasteiger partial charge on any atom is -0.479 e. The van der Waals surface area contributed by atoms with Gasteiger partial charge in [0.05, 0.1) is 6.61 Å². The monoisotopic (exact) mass is 319 g/mol. The van der Waals surface area contributed by atoms with E-state index in [9.17, 15) is 4.39 Å². The van der Waals surface area contributed by atoms with E-state index in [0.717, 1.165) is 12.1 Å². The van der Waals surface area contributed by atoms with E-state index in [4.69, 9.17) is 17.0 Å². The van der Waals surface area contributed by atoms with E-state index in [1.807, 2.05) is 30.3 Å². The molecule has 0 aliphatic carbocycles. The van der Waals surface area contributed by atoms with Crippen molar-refractivity contribution in [3.05, 3.63) is 60.2 Å². The number of ether oxygens (including phenoxy) is 3. The smallest absolute Gasteiger partial charge is 0.228 e. The van der Waals surface area contributed by atoms with Crippen LogP contribution >= 0.6 is 0 Å². The molecular weight excluding hydrogens is 297 g/mol. The summed E-state index contributed by atoms with van der Waals surface area (Å²) in [5.41, 5.74) is 0.911. The number of nitrogens with one attached hydrogen (secondary N) is 1. The quantitative estimate of drug-likeness (QED) is 0.888. The zero-order chi connectivity index (χ0) is 17.7. The molecule has 2 atom stereocenters. The summed E-state index contributed by atoms with van der Waals surface area (Å²) in [4.78, 5) is 0. The van der Waals surface area contributed by atoms with Gasteiger partial charge in [-0.3, -0.25) is 0 Å². The van der Waals surface area contributed by atoms with Gasteiger partial charge in [0.25, 0.3) is 0 Å². The second-order valence-corrected chi connectivity index (χ2v) is 5.19. The van der Waals surface area contributed by atoms with Crippen molar-refractivity contribution in [1.29, 1.82) is 0 Å². The third-order valence-corrected chi connectivity index (χ3v) is 3.67. The number of morpholine rings is 1. The SMILES string of the molecule is [2H]C([2H])(F)Oc1ccccc1O[C@@H](c1ccccc1)C1CNCCO1. The molecule has 2 aromatic carbocycles. The van der Waals surface area contributed by atoms with Gasteiger partial charge in [0.15, 0.2) is 17.6 Å². The van der Waals surface area contributed by atoms with Crippen LogP contribution in [0.15, 0.2) is 54.6 Å². The molecule has 3 rings (SSSR count). The number of hydrogen-bond donors (Lipinski definition) is 1. The van der Waals surface area contributed by atoms with Crippen LogP contribution in [-0.4, -0.2) is 32.6 Å². The predicted octanol–water partition coefficient (Wildman–Crippen LogP) is 3.10. The standard InChI is InChI=1S/C18H20FNO3/c19-13-22-15-8-4-5-9-16(15)23-18(14-6-2-1-3-7-14)17-12-20-10-11-21-17/h1-9,17-18,20H,10-13H2/t17?,18-/m0/s1/i13D2. The Kier molecular flexibility index (Phi) is 4.61. The first-order valence-corrected chi connectivity index (χ1v) is 7.54. The second kappa shape index (κ2) is 7.94. The molecule has 2 aromatic rings. The highest BCUT2D eigenvalue weighted by Gasteiger charge is 2.28. The van der Waals surface area contributed by atoms with Crippen molar-refractivity contribution < 1.29 is 21.3 Å². The Morgan fingerprint density at radius 2 is 1.91 bits per heavy atom. The van der Waals surface area contributed by atoms with Crippen LogP contribution in [0.25, 0.3) is 0 Å². The van der Waals surface area contributed by atoms with Gasteiger partial charge in [-0.2, -0.15) is 0 Å². The molecule has 1 N–H and O–H groups in total. The Morgan fingerprint density at radius 3 is 2.61 bits per heavy atom. The average molecular weight is 319 g/mol. The van der Waals surface area contributed by atoms with Crippen molar-refractivity contribution in [3.8, 4) is 11.5 Å². The lowest BCUT2D eigenvalue weighted by atomic mass is 10.0. The molecule has 1 heterocycles. The predicted molar refractivity (Wildman–Crippen MR) is 85.5 cm³/mol. The highest BCUT2D eigenvalue weighted by atomic mass is 19.1. The fraction of sp³-hybridized carbons (Fsp3) is 0.333. The van der Waals surface area contributed by atoms with E-state index in [2.05, 4.69) is 5.32 Å². The fourth-order valence-corrected chi connectivity index (χ4v) is 2.59. The van der Waals surface area contributed by atoms with Crippen molar-refractivity contribution in [2.45, 2.75) is 12.2 Å². The number of halogens is 1. The number of alkyl halides is 1. The summed E-state index contributed by atoms with van der Waals surface area (Å²) in [6.45, 7) is -1.32. The van der Waals surface area contributed by atoms with Crippen LogP contribution in [0.5, 0.6) is 11.5 Å². The van der Waals surface area contributed by atoms with Gasteiger partial charge in [-0.25, -0.2) is 4.39 Å². The fourth-order valence-electron chi connectivity index (χ4n) is 2.59. The summed E-state index contributed by atoms with van der Waals surface area (Å²) in [7, 11) is 0. The molecule has 1 aliphatic heterocycles. The van der Waals surface area contributed by atoms with Crippen molar-refractivity contribution in [2.24, 2.45) is 0 Å². The van der Waals surface area contributed by atoms with E-state index in [1.165, 1.54) is 6.07 Å². The van der Waals surface area contributed by atoms with Crippen molar-refractivity contribution in [2.75, 3.05) is 26.5 Å². The van der Waals surface area contributed by atoms with Gasteiger partial charge in [0.2, 0.25) is 6.81 Å². The Morgan fingerprint density at radius 1 is 1.17 bits per heavy atom. The van der Waals surface area contributed by atoms with Gasteiger partial charge in [-0.05, 0) is 17.7 Å². The van der Waals surface area contributed by atoms with Gasteiger partial charge in [0.1, 0.15) is 8.85 Å². The molecule has 122 valence electrons. The van der Waals surface area contributed by atoms with Gasteiger partial charge < -0.3 is 19.5 Å². The topological polar surface area (TPSA) is 39.7 Å². The normalized spacial score (nSPS) is 21.0. The summed E-state index contributed by atoms with van der Waals surface area (Å²) in [6, 6.07) is 16.0. The summed E-state index contributed by atoms with van der Waals surface area (Å²) in [6.07, 6.45) is -0.671. The van der Waals surface area contributed by atoms with Gasteiger partial charge >= 0.3 is 0 Å². The van der Waals surface area contributed by atoms with Crippen LogP contribution in [0, 0.1) is 0 Å². The Balaban J connectivity index is 1.88. The van der Waals surface area contributed by atoms with Crippen molar-refractivity contribution >= 4 is 0 Å². The van der Waals surface area contributed by atoms with Crippen LogP contribution < -0.4 is 14.8 Å². The molecule has 5 heteroatoms. The largest absolute Gasteiger partial charge is 0.479 e. The van der Waals surface area contributed by atoms with Gasteiger partial charge in [0, 0.05) is 13.1 Å². The Hall–Kier alpha value is -2.11. The Labute approximate surface area is 138 Å². The molecule has 1 aliphatic rings. The molecule has 1 fully saturated rings. The first kappa shape index (κ1) is 13.3. The van der Waals surface area contributed by atoms with E-state index < -0.39 is 12.9 Å². The van der Waals surface area contributed by atoms with Crippen molar-refractivity contribution in [1.82, 2.24) is 5.32 Å². The van der Waals surface area contributed by atoms with Crippen LogP contribution in [0.4, 0.5) is 4.39 Å². The molecule has 1 saturated heterocycles. The third kappa shape index (κ3) is 4.00. The first-order chi connectivity index (χ1) is 12.0. The first-order valence-electron chi connectivity index (χ1n) is 8.54. The molecule has 0 bridgehead atoms. The molecular formula is C18H20FNO3. The lowest BCUT2D eigenvalue weighted by Crippen LogP contribution is -2.43. The summed E-state index contributed by atoms with van der Waals surface area (Å²) >= 11 is 0. The number of rotatable bonds is 6. The summed E-state index contributed by atoms with van der Waals surface area (Å²) in [5, 5.41) is 3.27. The van der Waals surface area contributed by atoms with E-state index in [-0.39, 0.29) is 17.6 Å². The maximum Gasteiger partial charge on any atom is 0.228 e. The van der Waals surface area contributed by atoms with Crippen LogP contribution in [0.1, 0.15) is 14.4 Å². The molecule has 0 aromatic heterocycles. The lowest BCUT2D eigenvalue weighted by molar-refractivity contribution is -0.0441. The van der Waals surface area contributed by atoms with Crippen LogP contribution in [0.2, 0.25) is 0 Å². The van der Waals surface area contributed by atoms with E-state index in [0.29, 0.717) is 13.2 Å². The molecule has 0 saturated carbocycles. The molecule has 0 radical (unpaired) electrons. The highest BCUT2D eigenvalue weighted by molar-refractivity contribution is 5.40. The van der Waals surface area contributed by atoms with Gasteiger partial charge in [-0.1, -0.05) is 42.5 Å². The minimum atomic E-state index is -3.29. The maximum atomic E-state index is 13.3. The van der Waals surface area contributed by atoms with Crippen LogP contribution in [0.3, 0.4) is 0 Å². The molecule has 0 spiro atoms. The lowest BCUT2D eigenvalue weighted by Gasteiger charge is -2.32. The van der Waals surface area contributed by atoms with Crippen molar-refractivity contribution in [3.63, 3.8) is 0 Å². The molecule has 1 unspecified atom stereocenters. The minimum absolute atomic E-state index is 0.000278. The molecule has 0 amide bonds. The number of hydrogen-bond acceptors (Lipinski definition) is 4.